The van der Waals surface area contributed by atoms with E-state index in [9.17, 15) is 22.4 Å². The van der Waals surface area contributed by atoms with E-state index in [1.54, 1.807) is 36.4 Å². The monoisotopic (exact) mass is 480 g/mol. The first-order valence-electron chi connectivity index (χ1n) is 11.5. The summed E-state index contributed by atoms with van der Waals surface area (Å²) in [6.07, 6.45) is -1.04. The third-order valence-electron chi connectivity index (χ3n) is 6.43. The topological polar surface area (TPSA) is 41.1 Å². The molecule has 2 N–H and O–H groups in total. The molecule has 3 nitrogen and oxygen atoms in total. The van der Waals surface area contributed by atoms with Gasteiger partial charge in [0.15, 0.2) is 0 Å². The maximum absolute atomic E-state index is 14.6. The van der Waals surface area contributed by atoms with Gasteiger partial charge < -0.3 is 10.6 Å². The maximum Gasteiger partial charge on any atom is 0.416 e. The highest BCUT2D eigenvalue weighted by Crippen LogP contribution is 2.38. The lowest BCUT2D eigenvalue weighted by atomic mass is 9.76. The Morgan fingerprint density at radius 2 is 1.57 bits per heavy atom. The first kappa shape index (κ1) is 24.8. The number of alkyl halides is 3. The Labute approximate surface area is 203 Å². The van der Waals surface area contributed by atoms with E-state index < -0.39 is 29.1 Å². The lowest BCUT2D eigenvalue weighted by Crippen LogP contribution is -2.54. The quantitative estimate of drug-likeness (QED) is 0.362. The molecule has 180 valence electrons. The second-order valence-electron chi connectivity index (χ2n) is 9.00. The van der Waals surface area contributed by atoms with Crippen LogP contribution in [0, 0.1) is 5.82 Å². The van der Waals surface area contributed by atoms with Crippen molar-refractivity contribution in [2.45, 2.75) is 49.9 Å². The second-order valence-corrected chi connectivity index (χ2v) is 9.00. The Morgan fingerprint density at radius 3 is 2.23 bits per heavy atom. The molecule has 0 saturated heterocycles. The fraction of sp³-hybridized carbons (Fsp3) is 0.296. The summed E-state index contributed by atoms with van der Waals surface area (Å²) in [7, 11) is 6.04. The molecule has 4 rings (SSSR count). The molecule has 3 aromatic rings. The zero-order valence-corrected chi connectivity index (χ0v) is 19.0. The van der Waals surface area contributed by atoms with Crippen LogP contribution in [0.5, 0.6) is 0 Å². The molecule has 0 bridgehead atoms. The highest BCUT2D eigenvalue weighted by atomic mass is 19.4. The van der Waals surface area contributed by atoms with E-state index in [1.165, 1.54) is 0 Å². The number of halogens is 4. The normalized spacial score (nSPS) is 16.0. The fourth-order valence-electron chi connectivity index (χ4n) is 4.75. The molecule has 0 spiro atoms. The molecule has 0 aliphatic heterocycles. The maximum atomic E-state index is 14.6. The Balaban J connectivity index is 1.90. The number of amides is 2. The van der Waals surface area contributed by atoms with E-state index in [1.807, 2.05) is 18.2 Å². The van der Waals surface area contributed by atoms with Gasteiger partial charge in [0, 0.05) is 12.5 Å². The number of benzene rings is 3. The third-order valence-corrected chi connectivity index (χ3v) is 6.43. The summed E-state index contributed by atoms with van der Waals surface area (Å²) >= 11 is 0. The highest BCUT2D eigenvalue weighted by molar-refractivity contribution is 6.32. The van der Waals surface area contributed by atoms with Crippen molar-refractivity contribution in [1.29, 1.82) is 0 Å². The van der Waals surface area contributed by atoms with Crippen molar-refractivity contribution < 1.29 is 22.4 Å². The average molecular weight is 480 g/mol. The third kappa shape index (κ3) is 5.86. The van der Waals surface area contributed by atoms with Crippen molar-refractivity contribution >= 4 is 19.3 Å². The second kappa shape index (κ2) is 10.1. The largest absolute Gasteiger partial charge is 0.416 e. The first-order chi connectivity index (χ1) is 16.7. The van der Waals surface area contributed by atoms with Gasteiger partial charge in [0.1, 0.15) is 13.7 Å². The molecule has 0 heterocycles. The number of nitrogens with one attached hydrogen (secondary N) is 2. The number of carbonyl (C=O) groups is 1. The smallest absolute Gasteiger partial charge is 0.335 e. The minimum atomic E-state index is -4.77. The molecule has 1 fully saturated rings. The summed E-state index contributed by atoms with van der Waals surface area (Å²) in [5.41, 5.74) is -1.13. The molecular formula is C27H25BF4N2O. The zero-order valence-electron chi connectivity index (χ0n) is 19.0. The Kier molecular flexibility index (Phi) is 7.19. The van der Waals surface area contributed by atoms with Crippen LogP contribution >= 0.6 is 0 Å². The molecule has 0 unspecified atom stereocenters. The molecule has 1 aliphatic rings. The van der Waals surface area contributed by atoms with Crippen molar-refractivity contribution in [3.05, 3.63) is 101 Å². The van der Waals surface area contributed by atoms with Gasteiger partial charge in [0.25, 0.3) is 0 Å². The van der Waals surface area contributed by atoms with Crippen molar-refractivity contribution in [2.75, 3.05) is 0 Å². The van der Waals surface area contributed by atoms with Crippen LogP contribution < -0.4 is 16.1 Å². The van der Waals surface area contributed by atoms with Crippen LogP contribution in [0.15, 0.2) is 72.8 Å². The number of urea groups is 1. The lowest BCUT2D eigenvalue weighted by molar-refractivity contribution is -0.137. The molecule has 0 aromatic heterocycles. The molecule has 8 heteroatoms. The summed E-state index contributed by atoms with van der Waals surface area (Å²) in [6.45, 7) is 0. The summed E-state index contributed by atoms with van der Waals surface area (Å²) in [5, 5.41) is 5.87. The molecule has 2 amide bonds. The van der Waals surface area contributed by atoms with Gasteiger partial charge in [-0.1, -0.05) is 72.9 Å². The minimum Gasteiger partial charge on any atom is -0.335 e. The van der Waals surface area contributed by atoms with Crippen molar-refractivity contribution in [3.8, 4) is 0 Å². The first-order valence-corrected chi connectivity index (χ1v) is 11.5. The molecular weight excluding hydrogens is 455 g/mol. The number of hydrogen-bond acceptors (Lipinski definition) is 1. The lowest BCUT2D eigenvalue weighted by Gasteiger charge is -2.37. The number of rotatable bonds is 6. The Morgan fingerprint density at radius 1 is 0.886 bits per heavy atom. The van der Waals surface area contributed by atoms with Crippen LogP contribution in [0.2, 0.25) is 0 Å². The van der Waals surface area contributed by atoms with Gasteiger partial charge in [-0.3, -0.25) is 0 Å². The number of carbonyl (C=O) groups excluding carboxylic acids is 1. The average Bonchev–Trinajstić information content (AvgIpc) is 3.31. The van der Waals surface area contributed by atoms with Gasteiger partial charge in [-0.2, -0.15) is 13.2 Å². The minimum absolute atomic E-state index is 0.0245. The van der Waals surface area contributed by atoms with E-state index in [0.29, 0.717) is 17.1 Å². The standard InChI is InChI=1S/C27H25BF4N2O/c28-22-10-6-9-19(14-22)26(17-18-7-2-1-3-8-18,34-25(35)33-24-11-4-5-12-24)20-13-21(27(30,31)32)16-23(29)15-20/h1-3,6-10,13-16,24H,4-5,11-12,17H2,(H2,33,34,35)/t26-/m1/s1. The van der Waals surface area contributed by atoms with Crippen LogP contribution in [-0.4, -0.2) is 19.9 Å². The van der Waals surface area contributed by atoms with E-state index >= 15 is 0 Å². The Bertz CT molecular complexity index is 1180. The van der Waals surface area contributed by atoms with E-state index in [4.69, 9.17) is 7.85 Å². The van der Waals surface area contributed by atoms with Gasteiger partial charge in [0.2, 0.25) is 0 Å². The molecule has 1 aliphatic carbocycles. The molecule has 35 heavy (non-hydrogen) atoms. The van der Waals surface area contributed by atoms with Gasteiger partial charge in [-0.25, -0.2) is 9.18 Å². The van der Waals surface area contributed by atoms with Gasteiger partial charge in [-0.15, -0.1) is 0 Å². The van der Waals surface area contributed by atoms with E-state index in [-0.39, 0.29) is 18.0 Å². The van der Waals surface area contributed by atoms with Gasteiger partial charge >= 0.3 is 12.2 Å². The van der Waals surface area contributed by atoms with Crippen LogP contribution in [0.3, 0.4) is 0 Å². The van der Waals surface area contributed by atoms with E-state index in [0.717, 1.165) is 43.4 Å². The van der Waals surface area contributed by atoms with Crippen LogP contribution in [0.4, 0.5) is 22.4 Å². The SMILES string of the molecule is [B]c1cccc([C@@](Cc2ccccc2)(NC(=O)NC2CCCC2)c2cc(F)cc(C(F)(F)F)c2)c1. The van der Waals surface area contributed by atoms with Gasteiger partial charge in [0.05, 0.1) is 11.1 Å². The van der Waals surface area contributed by atoms with Crippen LogP contribution in [0.1, 0.15) is 47.9 Å². The molecule has 2 radical (unpaired) electrons. The summed E-state index contributed by atoms with van der Waals surface area (Å²) in [5.74, 6) is -1.05. The Hall–Kier alpha value is -3.29. The van der Waals surface area contributed by atoms with Crippen molar-refractivity contribution in [2.24, 2.45) is 0 Å². The predicted molar refractivity (Wildman–Crippen MR) is 128 cm³/mol. The van der Waals surface area contributed by atoms with Crippen LogP contribution in [-0.2, 0) is 18.1 Å². The van der Waals surface area contributed by atoms with Crippen LogP contribution in [0.25, 0.3) is 0 Å². The van der Waals surface area contributed by atoms with Crippen molar-refractivity contribution in [3.63, 3.8) is 0 Å². The highest BCUT2D eigenvalue weighted by Gasteiger charge is 2.40. The zero-order chi connectivity index (χ0) is 25.1. The molecule has 1 saturated carbocycles. The molecule has 3 aromatic carbocycles. The van der Waals surface area contributed by atoms with Gasteiger partial charge in [-0.05, 0) is 47.7 Å². The summed E-state index contributed by atoms with van der Waals surface area (Å²) in [6, 6.07) is 17.4. The predicted octanol–water partition coefficient (Wildman–Crippen LogP) is 5.37. The summed E-state index contributed by atoms with van der Waals surface area (Å²) in [4.78, 5) is 13.2. The molecule has 1 atom stereocenters. The number of hydrogen-bond donors (Lipinski definition) is 2. The summed E-state index contributed by atoms with van der Waals surface area (Å²) < 4.78 is 55.7. The van der Waals surface area contributed by atoms with E-state index in [2.05, 4.69) is 10.6 Å². The fourth-order valence-corrected chi connectivity index (χ4v) is 4.75. The van der Waals surface area contributed by atoms with Crippen molar-refractivity contribution in [1.82, 2.24) is 10.6 Å².